The minimum Gasteiger partial charge on any atom is -0.329 e. The van der Waals surface area contributed by atoms with Crippen molar-refractivity contribution in [1.29, 1.82) is 0 Å². The molecule has 1 aromatic rings. The monoisotopic (exact) mass is 272 g/mol. The summed E-state index contributed by atoms with van der Waals surface area (Å²) < 4.78 is 0. The average molecular weight is 272 g/mol. The molecule has 3 unspecified atom stereocenters. The van der Waals surface area contributed by atoms with Crippen molar-refractivity contribution in [3.05, 3.63) is 35.4 Å². The highest BCUT2D eigenvalue weighted by molar-refractivity contribution is 5.31. The summed E-state index contributed by atoms with van der Waals surface area (Å²) in [4.78, 5) is 2.76. The zero-order valence-electron chi connectivity index (χ0n) is 12.7. The number of fused-ring (bicyclic) bond motifs is 1. The van der Waals surface area contributed by atoms with E-state index in [2.05, 4.69) is 36.1 Å². The number of nitrogens with two attached hydrogens (primary N) is 1. The Balaban J connectivity index is 1.95. The van der Waals surface area contributed by atoms with Gasteiger partial charge in [-0.05, 0) is 50.2 Å². The van der Waals surface area contributed by atoms with E-state index >= 15 is 0 Å². The normalized spacial score (nSPS) is 31.6. The zero-order valence-corrected chi connectivity index (χ0v) is 12.7. The maximum absolute atomic E-state index is 6.08. The highest BCUT2D eigenvalue weighted by Gasteiger charge is 2.34. The molecule has 2 N–H and O–H groups in total. The van der Waals surface area contributed by atoms with Crippen molar-refractivity contribution in [3.8, 4) is 0 Å². The summed E-state index contributed by atoms with van der Waals surface area (Å²) in [6.07, 6.45) is 9.19. The summed E-state index contributed by atoms with van der Waals surface area (Å²) in [5.74, 6) is 0. The maximum Gasteiger partial charge on any atom is 0.0357 e. The third kappa shape index (κ3) is 2.64. The van der Waals surface area contributed by atoms with Crippen LogP contribution in [0.1, 0.15) is 62.6 Å². The number of rotatable bonds is 2. The summed E-state index contributed by atoms with van der Waals surface area (Å²) in [7, 11) is 0. The lowest BCUT2D eigenvalue weighted by molar-refractivity contribution is 0.0448. The van der Waals surface area contributed by atoms with E-state index < -0.39 is 0 Å². The standard InChI is InChI=1S/C18H28N2/c1-14-7-6-10-16(13-19)20(14)18-12-5-3-9-15-8-2-4-11-17(15)18/h2,4,8,11,14,16,18H,3,5-7,9-10,12-13,19H2,1H3. The number of hydrogen-bond acceptors (Lipinski definition) is 2. The zero-order chi connectivity index (χ0) is 13.9. The molecule has 1 heterocycles. The van der Waals surface area contributed by atoms with Crippen LogP contribution in [0.2, 0.25) is 0 Å². The molecule has 110 valence electrons. The number of likely N-dealkylation sites (tertiary alicyclic amines) is 1. The second-order valence-corrected chi connectivity index (χ2v) is 6.58. The van der Waals surface area contributed by atoms with Gasteiger partial charge in [-0.3, -0.25) is 4.90 Å². The Kier molecular flexibility index (Phi) is 4.42. The largest absolute Gasteiger partial charge is 0.329 e. The van der Waals surface area contributed by atoms with Crippen molar-refractivity contribution in [2.75, 3.05) is 6.54 Å². The van der Waals surface area contributed by atoms with Crippen LogP contribution < -0.4 is 5.73 Å². The molecule has 0 spiro atoms. The second-order valence-electron chi connectivity index (χ2n) is 6.58. The minimum atomic E-state index is 0.579. The van der Waals surface area contributed by atoms with Crippen LogP contribution in [-0.2, 0) is 6.42 Å². The molecule has 0 aromatic heterocycles. The first-order chi connectivity index (χ1) is 9.81. The van der Waals surface area contributed by atoms with E-state index in [4.69, 9.17) is 5.73 Å². The van der Waals surface area contributed by atoms with Crippen LogP contribution in [0.3, 0.4) is 0 Å². The van der Waals surface area contributed by atoms with Crippen LogP contribution in [0.25, 0.3) is 0 Å². The van der Waals surface area contributed by atoms with Crippen molar-refractivity contribution in [2.45, 2.75) is 70.0 Å². The first kappa shape index (κ1) is 14.1. The van der Waals surface area contributed by atoms with Crippen molar-refractivity contribution in [1.82, 2.24) is 4.90 Å². The van der Waals surface area contributed by atoms with E-state index in [1.165, 1.54) is 44.9 Å². The Morgan fingerprint density at radius 3 is 2.80 bits per heavy atom. The summed E-state index contributed by atoms with van der Waals surface area (Å²) in [5.41, 5.74) is 9.23. The smallest absolute Gasteiger partial charge is 0.0357 e. The summed E-state index contributed by atoms with van der Waals surface area (Å²) >= 11 is 0. The Labute approximate surface area is 123 Å². The molecule has 1 saturated heterocycles. The number of hydrogen-bond donors (Lipinski definition) is 1. The molecule has 0 amide bonds. The van der Waals surface area contributed by atoms with Gasteiger partial charge >= 0.3 is 0 Å². The molecule has 3 atom stereocenters. The number of benzene rings is 1. The van der Waals surface area contributed by atoms with E-state index in [0.717, 1.165) is 6.54 Å². The lowest BCUT2D eigenvalue weighted by Gasteiger charge is -2.45. The van der Waals surface area contributed by atoms with Crippen LogP contribution in [0.4, 0.5) is 0 Å². The Morgan fingerprint density at radius 2 is 1.95 bits per heavy atom. The lowest BCUT2D eigenvalue weighted by atomic mass is 9.89. The number of aryl methyl sites for hydroxylation is 1. The van der Waals surface area contributed by atoms with E-state index in [-0.39, 0.29) is 0 Å². The van der Waals surface area contributed by atoms with Crippen LogP contribution >= 0.6 is 0 Å². The van der Waals surface area contributed by atoms with Gasteiger partial charge in [-0.15, -0.1) is 0 Å². The molecule has 2 aliphatic rings. The lowest BCUT2D eigenvalue weighted by Crippen LogP contribution is -2.50. The molecule has 0 bridgehead atoms. The molecule has 1 aliphatic heterocycles. The van der Waals surface area contributed by atoms with E-state index in [0.29, 0.717) is 18.1 Å². The molecule has 20 heavy (non-hydrogen) atoms. The SMILES string of the molecule is CC1CCCC(CN)N1C1CCCCc2ccccc21. The molecule has 3 rings (SSSR count). The first-order valence-corrected chi connectivity index (χ1v) is 8.36. The summed E-state index contributed by atoms with van der Waals surface area (Å²) in [6.45, 7) is 3.21. The molecular weight excluding hydrogens is 244 g/mol. The van der Waals surface area contributed by atoms with Crippen LogP contribution in [0, 0.1) is 0 Å². The van der Waals surface area contributed by atoms with Crippen molar-refractivity contribution in [3.63, 3.8) is 0 Å². The third-order valence-electron chi connectivity index (χ3n) is 5.31. The molecule has 0 radical (unpaired) electrons. The molecule has 2 nitrogen and oxygen atoms in total. The molecule has 1 aliphatic carbocycles. The third-order valence-corrected chi connectivity index (χ3v) is 5.31. The van der Waals surface area contributed by atoms with Crippen LogP contribution in [0.5, 0.6) is 0 Å². The Morgan fingerprint density at radius 1 is 1.10 bits per heavy atom. The minimum absolute atomic E-state index is 0.579. The Bertz CT molecular complexity index is 443. The van der Waals surface area contributed by atoms with Gasteiger partial charge in [0, 0.05) is 24.7 Å². The van der Waals surface area contributed by atoms with E-state index in [9.17, 15) is 0 Å². The maximum atomic E-state index is 6.08. The van der Waals surface area contributed by atoms with Gasteiger partial charge in [0.2, 0.25) is 0 Å². The molecule has 2 heteroatoms. The first-order valence-electron chi connectivity index (χ1n) is 8.36. The predicted molar refractivity (Wildman–Crippen MR) is 84.7 cm³/mol. The van der Waals surface area contributed by atoms with Gasteiger partial charge in [0.15, 0.2) is 0 Å². The highest BCUT2D eigenvalue weighted by Crippen LogP contribution is 2.38. The molecule has 1 aromatic carbocycles. The molecule has 0 saturated carbocycles. The predicted octanol–water partition coefficient (Wildman–Crippen LogP) is 3.66. The van der Waals surface area contributed by atoms with Gasteiger partial charge in [-0.1, -0.05) is 37.1 Å². The summed E-state index contributed by atoms with van der Waals surface area (Å²) in [6, 6.07) is 10.9. The topological polar surface area (TPSA) is 29.3 Å². The van der Waals surface area contributed by atoms with Crippen LogP contribution in [0.15, 0.2) is 24.3 Å². The number of nitrogens with zero attached hydrogens (tertiary/aromatic N) is 1. The molecule has 1 fully saturated rings. The van der Waals surface area contributed by atoms with Gasteiger partial charge in [0.25, 0.3) is 0 Å². The van der Waals surface area contributed by atoms with E-state index in [1.807, 2.05) is 0 Å². The van der Waals surface area contributed by atoms with Gasteiger partial charge in [0.1, 0.15) is 0 Å². The fourth-order valence-corrected chi connectivity index (χ4v) is 4.31. The van der Waals surface area contributed by atoms with Crippen molar-refractivity contribution in [2.24, 2.45) is 5.73 Å². The van der Waals surface area contributed by atoms with Crippen molar-refractivity contribution < 1.29 is 0 Å². The fourth-order valence-electron chi connectivity index (χ4n) is 4.31. The van der Waals surface area contributed by atoms with Crippen LogP contribution in [-0.4, -0.2) is 23.5 Å². The average Bonchev–Trinajstić information content (AvgIpc) is 2.69. The van der Waals surface area contributed by atoms with Crippen molar-refractivity contribution >= 4 is 0 Å². The van der Waals surface area contributed by atoms with Gasteiger partial charge in [-0.2, -0.15) is 0 Å². The molecular formula is C18H28N2. The quantitative estimate of drug-likeness (QED) is 0.833. The Hall–Kier alpha value is -0.860. The fraction of sp³-hybridized carbons (Fsp3) is 0.667. The highest BCUT2D eigenvalue weighted by atomic mass is 15.2. The second kappa shape index (κ2) is 6.28. The van der Waals surface area contributed by atoms with Gasteiger partial charge in [0.05, 0.1) is 0 Å². The van der Waals surface area contributed by atoms with Gasteiger partial charge < -0.3 is 5.73 Å². The van der Waals surface area contributed by atoms with Gasteiger partial charge in [-0.25, -0.2) is 0 Å². The number of piperidine rings is 1. The van der Waals surface area contributed by atoms with E-state index in [1.54, 1.807) is 11.1 Å². The summed E-state index contributed by atoms with van der Waals surface area (Å²) in [5, 5.41) is 0.